The van der Waals surface area contributed by atoms with Crippen LogP contribution in [-0.4, -0.2) is 35.4 Å². The van der Waals surface area contributed by atoms with Crippen molar-refractivity contribution in [1.82, 2.24) is 10.2 Å². The summed E-state index contributed by atoms with van der Waals surface area (Å²) in [5.74, 6) is 0.131. The predicted molar refractivity (Wildman–Crippen MR) is 109 cm³/mol. The Bertz CT molecular complexity index is 853. The monoisotopic (exact) mass is 395 g/mol. The summed E-state index contributed by atoms with van der Waals surface area (Å²) in [5.41, 5.74) is 1.85. The molecule has 1 N–H and O–H groups in total. The van der Waals surface area contributed by atoms with E-state index in [9.17, 15) is 9.59 Å². The van der Waals surface area contributed by atoms with Crippen molar-refractivity contribution < 1.29 is 19.2 Å². The number of ether oxygens (including phenoxy) is 1. The lowest BCUT2D eigenvalue weighted by Gasteiger charge is -2.33. The highest BCUT2D eigenvalue weighted by molar-refractivity contribution is 6.03. The average molecular weight is 395 g/mol. The standard InChI is InChI=1S/C22H25N3O4/c1-16(2)20(23-22(27)28-14-18-11-7-4-8-12-18)21-24-29-15-19(26)25(21)13-17-9-5-3-6-10-17/h3-12,16,20H,13-15H2,1-2H3,(H,23,27). The fourth-order valence-corrected chi connectivity index (χ4v) is 2.99. The van der Waals surface area contributed by atoms with Crippen molar-refractivity contribution in [3.63, 3.8) is 0 Å². The molecule has 2 aromatic carbocycles. The first-order chi connectivity index (χ1) is 14.0. The molecule has 0 aliphatic carbocycles. The van der Waals surface area contributed by atoms with Gasteiger partial charge in [0, 0.05) is 0 Å². The Morgan fingerprint density at radius 2 is 1.72 bits per heavy atom. The largest absolute Gasteiger partial charge is 0.445 e. The Hall–Kier alpha value is -3.35. The highest BCUT2D eigenvalue weighted by Gasteiger charge is 2.34. The number of amides is 2. The fraction of sp³-hybridized carbons (Fsp3) is 0.318. The molecule has 2 aromatic rings. The quantitative estimate of drug-likeness (QED) is 0.780. The molecule has 1 heterocycles. The second-order valence-electron chi connectivity index (χ2n) is 7.12. The number of hydrogen-bond acceptors (Lipinski definition) is 5. The van der Waals surface area contributed by atoms with Crippen LogP contribution in [0, 0.1) is 5.92 Å². The van der Waals surface area contributed by atoms with E-state index < -0.39 is 12.1 Å². The van der Waals surface area contributed by atoms with E-state index in [-0.39, 0.29) is 25.0 Å². The van der Waals surface area contributed by atoms with E-state index in [1.165, 1.54) is 0 Å². The summed E-state index contributed by atoms with van der Waals surface area (Å²) in [4.78, 5) is 31.6. The molecule has 29 heavy (non-hydrogen) atoms. The summed E-state index contributed by atoms with van der Waals surface area (Å²) in [6.45, 7) is 4.26. The SMILES string of the molecule is CC(C)C(NC(=O)OCc1ccccc1)C1=NOCC(=O)N1Cc1ccccc1. The summed E-state index contributed by atoms with van der Waals surface area (Å²) < 4.78 is 5.33. The number of hydrogen-bond donors (Lipinski definition) is 1. The molecule has 0 saturated carbocycles. The average Bonchev–Trinajstić information content (AvgIpc) is 2.73. The second-order valence-corrected chi connectivity index (χ2v) is 7.12. The summed E-state index contributed by atoms with van der Waals surface area (Å²) in [7, 11) is 0. The number of nitrogens with one attached hydrogen (secondary N) is 1. The van der Waals surface area contributed by atoms with Gasteiger partial charge in [-0.25, -0.2) is 4.79 Å². The molecule has 3 rings (SSSR count). The van der Waals surface area contributed by atoms with Crippen molar-refractivity contribution in [1.29, 1.82) is 0 Å². The Labute approximate surface area is 170 Å². The van der Waals surface area contributed by atoms with Crippen LogP contribution in [0.2, 0.25) is 0 Å². The molecule has 7 nitrogen and oxygen atoms in total. The van der Waals surface area contributed by atoms with Gasteiger partial charge in [-0.15, -0.1) is 0 Å². The van der Waals surface area contributed by atoms with Gasteiger partial charge in [0.15, 0.2) is 12.4 Å². The van der Waals surface area contributed by atoms with E-state index in [0.717, 1.165) is 11.1 Å². The van der Waals surface area contributed by atoms with Crippen LogP contribution in [0.4, 0.5) is 4.79 Å². The minimum atomic E-state index is -0.576. The fourth-order valence-electron chi connectivity index (χ4n) is 2.99. The molecule has 1 atom stereocenters. The third kappa shape index (κ3) is 5.57. The first kappa shape index (κ1) is 20.4. The molecule has 0 bridgehead atoms. The lowest BCUT2D eigenvalue weighted by atomic mass is 10.0. The third-order valence-electron chi connectivity index (χ3n) is 4.54. The summed E-state index contributed by atoms with van der Waals surface area (Å²) >= 11 is 0. The zero-order valence-corrected chi connectivity index (χ0v) is 16.6. The van der Waals surface area contributed by atoms with E-state index >= 15 is 0 Å². The van der Waals surface area contributed by atoms with E-state index in [0.29, 0.717) is 12.4 Å². The van der Waals surface area contributed by atoms with Crippen LogP contribution < -0.4 is 5.32 Å². The highest BCUT2D eigenvalue weighted by Crippen LogP contribution is 2.16. The van der Waals surface area contributed by atoms with Gasteiger partial charge in [0.1, 0.15) is 6.61 Å². The maximum Gasteiger partial charge on any atom is 0.408 e. The molecule has 152 valence electrons. The van der Waals surface area contributed by atoms with Crippen LogP contribution in [0.1, 0.15) is 25.0 Å². The van der Waals surface area contributed by atoms with Crippen molar-refractivity contribution in [3.05, 3.63) is 71.8 Å². The van der Waals surface area contributed by atoms with Crippen molar-refractivity contribution in [3.8, 4) is 0 Å². The zero-order valence-electron chi connectivity index (χ0n) is 16.6. The Balaban J connectivity index is 1.70. The molecule has 0 saturated heterocycles. The van der Waals surface area contributed by atoms with E-state index in [1.807, 2.05) is 74.5 Å². The van der Waals surface area contributed by atoms with Gasteiger partial charge in [0.05, 0.1) is 12.6 Å². The molecule has 7 heteroatoms. The normalized spacial score (nSPS) is 14.8. The van der Waals surface area contributed by atoms with Crippen LogP contribution >= 0.6 is 0 Å². The maximum atomic E-state index is 12.5. The first-order valence-corrected chi connectivity index (χ1v) is 9.56. The van der Waals surface area contributed by atoms with Gasteiger partial charge in [-0.3, -0.25) is 9.69 Å². The van der Waals surface area contributed by atoms with E-state index in [4.69, 9.17) is 9.57 Å². The van der Waals surface area contributed by atoms with Crippen molar-refractivity contribution in [2.75, 3.05) is 6.61 Å². The number of nitrogens with zero attached hydrogens (tertiary/aromatic N) is 2. The number of oxime groups is 1. The van der Waals surface area contributed by atoms with Gasteiger partial charge in [-0.2, -0.15) is 0 Å². The molecular weight excluding hydrogens is 370 g/mol. The minimum absolute atomic E-state index is 0.0363. The highest BCUT2D eigenvalue weighted by atomic mass is 16.6. The van der Waals surface area contributed by atoms with Gasteiger partial charge in [0.2, 0.25) is 0 Å². The van der Waals surface area contributed by atoms with Crippen molar-refractivity contribution >= 4 is 17.8 Å². The van der Waals surface area contributed by atoms with Gasteiger partial charge in [-0.05, 0) is 17.0 Å². The first-order valence-electron chi connectivity index (χ1n) is 9.56. The smallest absolute Gasteiger partial charge is 0.408 e. The summed E-state index contributed by atoms with van der Waals surface area (Å²) in [6.07, 6.45) is -0.576. The van der Waals surface area contributed by atoms with Crippen molar-refractivity contribution in [2.45, 2.75) is 33.0 Å². The maximum absolute atomic E-state index is 12.5. The molecule has 1 unspecified atom stereocenters. The molecule has 0 aromatic heterocycles. The number of rotatable bonds is 7. The zero-order chi connectivity index (χ0) is 20.6. The molecule has 1 aliphatic rings. The molecular formula is C22H25N3O4. The number of benzene rings is 2. The Morgan fingerprint density at radius 1 is 1.10 bits per heavy atom. The summed E-state index contributed by atoms with van der Waals surface area (Å²) in [5, 5.41) is 6.93. The van der Waals surface area contributed by atoms with Gasteiger partial charge >= 0.3 is 6.09 Å². The molecule has 0 radical (unpaired) electrons. The number of amidine groups is 1. The third-order valence-corrected chi connectivity index (χ3v) is 4.54. The number of alkyl carbamates (subject to hydrolysis) is 1. The van der Waals surface area contributed by atoms with Crippen molar-refractivity contribution in [2.24, 2.45) is 11.1 Å². The predicted octanol–water partition coefficient (Wildman–Crippen LogP) is 3.31. The lowest BCUT2D eigenvalue weighted by Crippen LogP contribution is -2.55. The lowest BCUT2D eigenvalue weighted by molar-refractivity contribution is -0.135. The van der Waals surface area contributed by atoms with Gasteiger partial charge < -0.3 is 14.9 Å². The molecule has 1 aliphatic heterocycles. The van der Waals surface area contributed by atoms with Crippen LogP contribution in [-0.2, 0) is 27.5 Å². The minimum Gasteiger partial charge on any atom is -0.445 e. The van der Waals surface area contributed by atoms with Crippen LogP contribution in [0.15, 0.2) is 65.8 Å². The van der Waals surface area contributed by atoms with E-state index in [1.54, 1.807) is 4.90 Å². The second kappa shape index (κ2) is 9.73. The molecule has 2 amide bonds. The van der Waals surface area contributed by atoms with E-state index in [2.05, 4.69) is 10.5 Å². The Morgan fingerprint density at radius 3 is 2.34 bits per heavy atom. The molecule has 0 spiro atoms. The van der Waals surface area contributed by atoms with Crippen LogP contribution in [0.25, 0.3) is 0 Å². The van der Waals surface area contributed by atoms with Gasteiger partial charge in [0.25, 0.3) is 5.91 Å². The van der Waals surface area contributed by atoms with Crippen LogP contribution in [0.5, 0.6) is 0 Å². The van der Waals surface area contributed by atoms with Gasteiger partial charge in [-0.1, -0.05) is 79.7 Å². The van der Waals surface area contributed by atoms with Crippen LogP contribution in [0.3, 0.4) is 0 Å². The number of carbonyl (C=O) groups is 2. The Kier molecular flexibility index (Phi) is 6.84. The molecule has 0 fully saturated rings. The topological polar surface area (TPSA) is 80.2 Å². The number of carbonyl (C=O) groups excluding carboxylic acids is 2. The summed E-state index contributed by atoms with van der Waals surface area (Å²) in [6, 6.07) is 18.5.